The molecule has 0 aliphatic heterocycles. The fraction of sp³-hybridized carbons (Fsp3) is 0.190. The van der Waals surface area contributed by atoms with Crippen LogP contribution in [-0.2, 0) is 9.47 Å². The van der Waals surface area contributed by atoms with Crippen LogP contribution in [0.1, 0.15) is 81.0 Å². The normalized spacial score (nSPS) is 10.6. The van der Waals surface area contributed by atoms with Gasteiger partial charge < -0.3 is 18.9 Å². The molecule has 0 radical (unpaired) electrons. The van der Waals surface area contributed by atoms with E-state index in [9.17, 15) is 19.2 Å². The fourth-order valence-electron chi connectivity index (χ4n) is 4.92. The number of carbonyl (C=O) groups is 4. The molecule has 0 unspecified atom stereocenters. The van der Waals surface area contributed by atoms with Crippen molar-refractivity contribution in [1.29, 1.82) is 0 Å². The molecule has 0 N–H and O–H groups in total. The first-order chi connectivity index (χ1) is 24.3. The van der Waals surface area contributed by atoms with Crippen LogP contribution in [0.4, 0.5) is 0 Å². The second kappa shape index (κ2) is 17.4. The number of hydrogen-bond donors (Lipinski definition) is 0. The number of rotatable bonds is 14. The monoisotopic (exact) mass is 670 g/mol. The lowest BCUT2D eigenvalue weighted by Gasteiger charge is -2.09. The van der Waals surface area contributed by atoms with Crippen molar-refractivity contribution in [2.45, 2.75) is 39.5 Å². The Balaban J connectivity index is 1.15. The Bertz CT molecular complexity index is 1770. The van der Waals surface area contributed by atoms with E-state index in [1.54, 1.807) is 66.7 Å². The zero-order chi connectivity index (χ0) is 35.3. The van der Waals surface area contributed by atoms with E-state index in [1.807, 2.05) is 62.4 Å². The van der Waals surface area contributed by atoms with Gasteiger partial charge in [-0.2, -0.15) is 0 Å². The Morgan fingerprint density at radius 1 is 0.420 bits per heavy atom. The minimum Gasteiger partial charge on any atom is -0.462 e. The maximum atomic E-state index is 12.9. The highest BCUT2D eigenvalue weighted by Crippen LogP contribution is 2.26. The van der Waals surface area contributed by atoms with E-state index in [0.717, 1.165) is 47.9 Å². The molecule has 254 valence electrons. The molecule has 0 amide bonds. The van der Waals surface area contributed by atoms with Crippen molar-refractivity contribution in [3.8, 4) is 33.8 Å². The highest BCUT2D eigenvalue weighted by Gasteiger charge is 2.15. The van der Waals surface area contributed by atoms with Gasteiger partial charge in [-0.15, -0.1) is 0 Å². The molecule has 0 aromatic heterocycles. The lowest BCUT2D eigenvalue weighted by molar-refractivity contribution is 0.0490. The van der Waals surface area contributed by atoms with Gasteiger partial charge in [0.05, 0.1) is 35.5 Å². The molecule has 0 aliphatic carbocycles. The molecule has 0 heterocycles. The van der Waals surface area contributed by atoms with Gasteiger partial charge in [0.1, 0.15) is 11.5 Å². The Morgan fingerprint density at radius 2 is 0.760 bits per heavy atom. The van der Waals surface area contributed by atoms with Gasteiger partial charge in [-0.3, -0.25) is 0 Å². The van der Waals surface area contributed by atoms with E-state index in [1.165, 1.54) is 6.07 Å². The quantitative estimate of drug-likeness (QED) is 0.0654. The summed E-state index contributed by atoms with van der Waals surface area (Å²) in [5.41, 5.74) is 4.91. The van der Waals surface area contributed by atoms with Crippen LogP contribution in [-0.4, -0.2) is 37.1 Å². The third-order valence-electron chi connectivity index (χ3n) is 7.83. The van der Waals surface area contributed by atoms with Crippen LogP contribution in [0, 0.1) is 0 Å². The number of unbranched alkanes of at least 4 members (excludes halogenated alkanes) is 2. The van der Waals surface area contributed by atoms with Gasteiger partial charge in [0.25, 0.3) is 0 Å². The van der Waals surface area contributed by atoms with Crippen molar-refractivity contribution in [2.75, 3.05) is 13.2 Å². The standard InChI is InChI=1S/C42H38O8/c1-3-5-26-47-39(43)33-14-10-29(11-15-33)31-18-22-37(23-19-31)49-41(45)35-8-7-9-36(28-35)42(46)50-38-24-20-32(21-25-38)30-12-16-34(17-13-30)40(44)48-27-6-4-2/h7-25,28H,3-6,26-27H2,1-2H3. The van der Waals surface area contributed by atoms with Gasteiger partial charge in [0.2, 0.25) is 0 Å². The van der Waals surface area contributed by atoms with Crippen molar-refractivity contribution in [1.82, 2.24) is 0 Å². The van der Waals surface area contributed by atoms with E-state index in [2.05, 4.69) is 0 Å². The first-order valence-corrected chi connectivity index (χ1v) is 16.6. The highest BCUT2D eigenvalue weighted by atomic mass is 16.5. The predicted octanol–water partition coefficient (Wildman–Crippen LogP) is 9.37. The second-order valence-electron chi connectivity index (χ2n) is 11.5. The zero-order valence-electron chi connectivity index (χ0n) is 28.1. The zero-order valence-corrected chi connectivity index (χ0v) is 28.1. The Labute approximate surface area is 291 Å². The second-order valence-corrected chi connectivity index (χ2v) is 11.5. The minimum atomic E-state index is -0.622. The lowest BCUT2D eigenvalue weighted by atomic mass is 10.0. The predicted molar refractivity (Wildman–Crippen MR) is 190 cm³/mol. The van der Waals surface area contributed by atoms with Gasteiger partial charge in [-0.1, -0.05) is 81.3 Å². The number of hydrogen-bond acceptors (Lipinski definition) is 8. The molecular weight excluding hydrogens is 632 g/mol. The van der Waals surface area contributed by atoms with Crippen molar-refractivity contribution in [3.63, 3.8) is 0 Å². The molecule has 5 aromatic rings. The Kier molecular flexibility index (Phi) is 12.3. The van der Waals surface area contributed by atoms with Gasteiger partial charge >= 0.3 is 23.9 Å². The van der Waals surface area contributed by atoms with Crippen molar-refractivity contribution in [3.05, 3.63) is 144 Å². The first kappa shape index (κ1) is 35.3. The van der Waals surface area contributed by atoms with Crippen LogP contribution in [0.3, 0.4) is 0 Å². The third kappa shape index (κ3) is 9.54. The third-order valence-corrected chi connectivity index (χ3v) is 7.83. The van der Waals surface area contributed by atoms with Crippen LogP contribution < -0.4 is 9.47 Å². The topological polar surface area (TPSA) is 105 Å². The number of carbonyl (C=O) groups excluding carboxylic acids is 4. The fourth-order valence-corrected chi connectivity index (χ4v) is 4.92. The maximum Gasteiger partial charge on any atom is 0.343 e. The summed E-state index contributed by atoms with van der Waals surface area (Å²) in [6, 6.07) is 34.4. The summed E-state index contributed by atoms with van der Waals surface area (Å²) in [5, 5.41) is 0. The molecule has 8 nitrogen and oxygen atoms in total. The molecular formula is C42H38O8. The molecule has 5 aromatic carbocycles. The summed E-state index contributed by atoms with van der Waals surface area (Å²) in [7, 11) is 0. The van der Waals surface area contributed by atoms with Crippen LogP contribution in [0.2, 0.25) is 0 Å². The largest absolute Gasteiger partial charge is 0.462 e. The van der Waals surface area contributed by atoms with E-state index >= 15 is 0 Å². The van der Waals surface area contributed by atoms with Gasteiger partial charge in [0, 0.05) is 0 Å². The molecule has 0 fully saturated rings. The van der Waals surface area contributed by atoms with Gasteiger partial charge in [0.15, 0.2) is 0 Å². The summed E-state index contributed by atoms with van der Waals surface area (Å²) >= 11 is 0. The molecule has 0 saturated heterocycles. The molecule has 0 bridgehead atoms. The number of ether oxygens (including phenoxy) is 4. The Hall–Kier alpha value is -6.02. The minimum absolute atomic E-state index is 0.193. The van der Waals surface area contributed by atoms with E-state index < -0.39 is 11.9 Å². The average molecular weight is 671 g/mol. The number of benzene rings is 5. The lowest BCUT2D eigenvalue weighted by Crippen LogP contribution is -2.12. The first-order valence-electron chi connectivity index (χ1n) is 16.6. The maximum absolute atomic E-state index is 12.9. The van der Waals surface area contributed by atoms with Crippen molar-refractivity contribution >= 4 is 23.9 Å². The molecule has 0 aliphatic rings. The van der Waals surface area contributed by atoms with E-state index in [-0.39, 0.29) is 23.1 Å². The smallest absolute Gasteiger partial charge is 0.343 e. The average Bonchev–Trinajstić information content (AvgIpc) is 3.15. The van der Waals surface area contributed by atoms with E-state index in [4.69, 9.17) is 18.9 Å². The van der Waals surface area contributed by atoms with Crippen LogP contribution in [0.15, 0.2) is 121 Å². The molecule has 0 atom stereocenters. The number of esters is 4. The Morgan fingerprint density at radius 3 is 1.10 bits per heavy atom. The molecule has 5 rings (SSSR count). The van der Waals surface area contributed by atoms with Gasteiger partial charge in [-0.25, -0.2) is 19.2 Å². The molecule has 8 heteroatoms. The van der Waals surface area contributed by atoms with Crippen LogP contribution in [0.5, 0.6) is 11.5 Å². The summed E-state index contributed by atoms with van der Waals surface area (Å²) in [6.45, 7) is 4.88. The van der Waals surface area contributed by atoms with Crippen LogP contribution in [0.25, 0.3) is 22.3 Å². The van der Waals surface area contributed by atoms with Crippen molar-refractivity contribution in [2.24, 2.45) is 0 Å². The summed E-state index contributed by atoms with van der Waals surface area (Å²) in [6.07, 6.45) is 3.56. The SMILES string of the molecule is CCCCOC(=O)c1ccc(-c2ccc(OC(=O)c3cccc(C(=O)Oc4ccc(-c5ccc(C(=O)OCCCC)cc5)cc4)c3)cc2)cc1. The summed E-state index contributed by atoms with van der Waals surface area (Å²) < 4.78 is 21.6. The molecule has 0 saturated carbocycles. The molecule has 50 heavy (non-hydrogen) atoms. The summed E-state index contributed by atoms with van der Waals surface area (Å²) in [5.74, 6) is -1.26. The van der Waals surface area contributed by atoms with E-state index in [0.29, 0.717) is 35.8 Å². The summed E-state index contributed by atoms with van der Waals surface area (Å²) in [4.78, 5) is 50.2. The van der Waals surface area contributed by atoms with Crippen LogP contribution >= 0.6 is 0 Å². The molecule has 0 spiro atoms. The van der Waals surface area contributed by atoms with Gasteiger partial charge in [-0.05, 0) is 102 Å². The highest BCUT2D eigenvalue weighted by molar-refractivity contribution is 5.97. The van der Waals surface area contributed by atoms with Crippen molar-refractivity contribution < 1.29 is 38.1 Å².